The minimum atomic E-state index is -3.32. The van der Waals surface area contributed by atoms with Crippen LogP contribution in [-0.4, -0.2) is 43.6 Å². The van der Waals surface area contributed by atoms with E-state index < -0.39 is 10.2 Å². The summed E-state index contributed by atoms with van der Waals surface area (Å²) in [7, 11) is -3.32. The smallest absolute Gasteiger partial charge is 0.279 e. The average molecular weight is 222 g/mol. The highest BCUT2D eigenvalue weighted by Gasteiger charge is 2.30. The maximum atomic E-state index is 11.6. The van der Waals surface area contributed by atoms with Crippen LogP contribution in [0.2, 0.25) is 0 Å². The summed E-state index contributed by atoms with van der Waals surface area (Å²) in [6.45, 7) is 4.81. The molecule has 0 aromatic heterocycles. The van der Waals surface area contributed by atoms with Crippen LogP contribution in [0.4, 0.5) is 0 Å². The first-order chi connectivity index (χ1) is 6.47. The van der Waals surface area contributed by atoms with E-state index in [4.69, 9.17) is 0 Å². The molecule has 1 saturated heterocycles. The molecule has 0 spiro atoms. The van der Waals surface area contributed by atoms with E-state index in [-0.39, 0.29) is 12.0 Å². The third-order valence-electron chi connectivity index (χ3n) is 2.49. The molecule has 84 valence electrons. The van der Waals surface area contributed by atoms with Crippen molar-refractivity contribution >= 4 is 10.2 Å². The van der Waals surface area contributed by atoms with Gasteiger partial charge in [0.15, 0.2) is 0 Å². The van der Waals surface area contributed by atoms with Crippen LogP contribution in [0, 0.1) is 5.92 Å². The lowest BCUT2D eigenvalue weighted by molar-refractivity contribution is 0.0625. The van der Waals surface area contributed by atoms with Crippen LogP contribution in [0.1, 0.15) is 20.3 Å². The fraction of sp³-hybridized carbons (Fsp3) is 1.00. The molecule has 0 radical (unpaired) electrons. The molecule has 0 aliphatic carbocycles. The molecule has 14 heavy (non-hydrogen) atoms. The van der Waals surface area contributed by atoms with E-state index in [9.17, 15) is 13.5 Å². The second-order valence-corrected chi connectivity index (χ2v) is 5.45. The number of aliphatic hydroxyl groups is 1. The van der Waals surface area contributed by atoms with Gasteiger partial charge in [0.1, 0.15) is 0 Å². The summed E-state index contributed by atoms with van der Waals surface area (Å²) in [4.78, 5) is 0. The van der Waals surface area contributed by atoms with Gasteiger partial charge in [-0.05, 0) is 12.3 Å². The molecular formula is C8H18N2O3S. The first-order valence-electron chi connectivity index (χ1n) is 4.90. The Morgan fingerprint density at radius 2 is 2.21 bits per heavy atom. The minimum absolute atomic E-state index is 0.0113. The van der Waals surface area contributed by atoms with E-state index in [1.807, 2.05) is 6.92 Å². The van der Waals surface area contributed by atoms with Crippen molar-refractivity contribution in [2.75, 3.05) is 19.6 Å². The second-order valence-electron chi connectivity index (χ2n) is 3.69. The molecular weight excluding hydrogens is 204 g/mol. The van der Waals surface area contributed by atoms with Gasteiger partial charge in [-0.2, -0.15) is 12.7 Å². The van der Waals surface area contributed by atoms with Gasteiger partial charge in [0.05, 0.1) is 6.10 Å². The van der Waals surface area contributed by atoms with E-state index in [1.54, 1.807) is 6.92 Å². The van der Waals surface area contributed by atoms with E-state index in [1.165, 1.54) is 4.31 Å². The Labute approximate surface area is 85.3 Å². The number of aliphatic hydroxyl groups excluding tert-OH is 1. The van der Waals surface area contributed by atoms with Crippen LogP contribution in [0.15, 0.2) is 0 Å². The summed E-state index contributed by atoms with van der Waals surface area (Å²) in [5.74, 6) is 0.0113. The first-order valence-corrected chi connectivity index (χ1v) is 6.34. The largest absolute Gasteiger partial charge is 0.393 e. The third-order valence-corrected chi connectivity index (χ3v) is 4.15. The Balaban J connectivity index is 2.63. The van der Waals surface area contributed by atoms with Gasteiger partial charge in [-0.3, -0.25) is 0 Å². The zero-order chi connectivity index (χ0) is 10.8. The van der Waals surface area contributed by atoms with Gasteiger partial charge < -0.3 is 5.11 Å². The molecule has 0 saturated carbocycles. The highest BCUT2D eigenvalue weighted by molar-refractivity contribution is 7.87. The van der Waals surface area contributed by atoms with Gasteiger partial charge in [0.25, 0.3) is 10.2 Å². The summed E-state index contributed by atoms with van der Waals surface area (Å²) in [5, 5.41) is 9.45. The van der Waals surface area contributed by atoms with Crippen molar-refractivity contribution in [2.45, 2.75) is 26.4 Å². The number of hydrogen-bond donors (Lipinski definition) is 2. The maximum Gasteiger partial charge on any atom is 0.279 e. The fourth-order valence-corrected chi connectivity index (χ4v) is 2.91. The standard InChI is InChI=1S/C8H18N2O3S/c1-3-9-14(12,13)10-5-4-8(11)7(2)6-10/h7-9,11H,3-6H2,1-2H3. The molecule has 0 aromatic rings. The predicted octanol–water partition coefficient (Wildman–Crippen LogP) is -0.457. The number of piperidine rings is 1. The molecule has 1 fully saturated rings. The van der Waals surface area contributed by atoms with Crippen molar-refractivity contribution < 1.29 is 13.5 Å². The van der Waals surface area contributed by atoms with Crippen LogP contribution in [0.25, 0.3) is 0 Å². The van der Waals surface area contributed by atoms with Gasteiger partial charge in [-0.25, -0.2) is 4.72 Å². The quantitative estimate of drug-likeness (QED) is 0.679. The van der Waals surface area contributed by atoms with Crippen LogP contribution >= 0.6 is 0 Å². The van der Waals surface area contributed by atoms with Gasteiger partial charge in [-0.1, -0.05) is 13.8 Å². The molecule has 6 heteroatoms. The number of rotatable bonds is 3. The van der Waals surface area contributed by atoms with Crippen molar-refractivity contribution in [3.63, 3.8) is 0 Å². The van der Waals surface area contributed by atoms with Crippen molar-refractivity contribution in [3.05, 3.63) is 0 Å². The van der Waals surface area contributed by atoms with Crippen molar-refractivity contribution in [1.29, 1.82) is 0 Å². The Hall–Kier alpha value is -0.170. The van der Waals surface area contributed by atoms with Crippen LogP contribution in [0.5, 0.6) is 0 Å². The summed E-state index contributed by atoms with van der Waals surface area (Å²) in [6.07, 6.45) is 0.147. The van der Waals surface area contributed by atoms with Gasteiger partial charge in [0.2, 0.25) is 0 Å². The van der Waals surface area contributed by atoms with Crippen molar-refractivity contribution in [3.8, 4) is 0 Å². The van der Waals surface area contributed by atoms with Crippen LogP contribution in [-0.2, 0) is 10.2 Å². The highest BCUT2D eigenvalue weighted by Crippen LogP contribution is 2.18. The Kier molecular flexibility index (Phi) is 3.88. The molecule has 0 bridgehead atoms. The summed E-state index contributed by atoms with van der Waals surface area (Å²) < 4.78 is 27.0. The molecule has 5 nitrogen and oxygen atoms in total. The summed E-state index contributed by atoms with van der Waals surface area (Å²) in [5.41, 5.74) is 0. The minimum Gasteiger partial charge on any atom is -0.393 e. The van der Waals surface area contributed by atoms with Crippen LogP contribution < -0.4 is 4.72 Å². The van der Waals surface area contributed by atoms with Crippen molar-refractivity contribution in [2.24, 2.45) is 5.92 Å². The van der Waals surface area contributed by atoms with Gasteiger partial charge in [0, 0.05) is 19.6 Å². The topological polar surface area (TPSA) is 69.6 Å². The molecule has 1 heterocycles. The molecule has 1 aliphatic rings. The van der Waals surface area contributed by atoms with Gasteiger partial charge in [-0.15, -0.1) is 0 Å². The predicted molar refractivity (Wildman–Crippen MR) is 54.0 cm³/mol. The third kappa shape index (κ3) is 2.66. The van der Waals surface area contributed by atoms with Crippen LogP contribution in [0.3, 0.4) is 0 Å². The fourth-order valence-electron chi connectivity index (χ4n) is 1.59. The maximum absolute atomic E-state index is 11.6. The summed E-state index contributed by atoms with van der Waals surface area (Å²) in [6, 6.07) is 0. The summed E-state index contributed by atoms with van der Waals surface area (Å²) >= 11 is 0. The monoisotopic (exact) mass is 222 g/mol. The van der Waals surface area contributed by atoms with E-state index in [2.05, 4.69) is 4.72 Å². The van der Waals surface area contributed by atoms with Gasteiger partial charge >= 0.3 is 0 Å². The highest BCUT2D eigenvalue weighted by atomic mass is 32.2. The lowest BCUT2D eigenvalue weighted by atomic mass is 9.99. The molecule has 1 rings (SSSR count). The Morgan fingerprint density at radius 1 is 1.57 bits per heavy atom. The SMILES string of the molecule is CCNS(=O)(=O)N1CCC(O)C(C)C1. The number of nitrogens with one attached hydrogen (secondary N) is 1. The van der Waals surface area contributed by atoms with E-state index in [0.717, 1.165) is 0 Å². The van der Waals surface area contributed by atoms with E-state index in [0.29, 0.717) is 26.1 Å². The molecule has 2 unspecified atom stereocenters. The number of nitrogens with zero attached hydrogens (tertiary/aromatic N) is 1. The molecule has 0 amide bonds. The van der Waals surface area contributed by atoms with E-state index >= 15 is 0 Å². The average Bonchev–Trinajstić information content (AvgIpc) is 2.09. The zero-order valence-corrected chi connectivity index (χ0v) is 9.42. The molecule has 2 atom stereocenters. The first kappa shape index (κ1) is 11.9. The van der Waals surface area contributed by atoms with Crippen molar-refractivity contribution in [1.82, 2.24) is 9.03 Å². The molecule has 1 aliphatic heterocycles. The lowest BCUT2D eigenvalue weighted by Gasteiger charge is -2.33. The zero-order valence-electron chi connectivity index (χ0n) is 8.60. The normalized spacial score (nSPS) is 30.5. The number of hydrogen-bond acceptors (Lipinski definition) is 3. The second kappa shape index (κ2) is 4.57. The molecule has 2 N–H and O–H groups in total. The molecule has 0 aromatic carbocycles. The Bertz CT molecular complexity index is 278. The lowest BCUT2D eigenvalue weighted by Crippen LogP contribution is -2.49. The Morgan fingerprint density at radius 3 is 2.71 bits per heavy atom.